The van der Waals surface area contributed by atoms with Gasteiger partial charge in [0.2, 0.25) is 11.8 Å². The number of aromatic nitrogens is 2. The Morgan fingerprint density at radius 2 is 2.08 bits per heavy atom. The van der Waals surface area contributed by atoms with Gasteiger partial charge in [-0.3, -0.25) is 14.0 Å². The molecular weight excluding hydrogens is 340 g/mol. The number of amides is 2. The molecular formula is C17H22N4O3S. The number of carbonyl (C=O) groups excluding carboxylic acids is 2. The van der Waals surface area contributed by atoms with Crippen molar-refractivity contribution in [1.29, 1.82) is 0 Å². The number of hydrogen-bond donors (Lipinski definition) is 0. The van der Waals surface area contributed by atoms with Crippen LogP contribution in [0, 0.1) is 5.92 Å². The largest absolute Gasteiger partial charge is 0.378 e. The first-order chi connectivity index (χ1) is 12.2. The molecule has 134 valence electrons. The summed E-state index contributed by atoms with van der Waals surface area (Å²) < 4.78 is 7.25. The van der Waals surface area contributed by atoms with Crippen molar-refractivity contribution < 1.29 is 14.3 Å². The summed E-state index contributed by atoms with van der Waals surface area (Å²) in [6.07, 6.45) is 5.89. The van der Waals surface area contributed by atoms with Crippen molar-refractivity contribution in [2.24, 2.45) is 5.92 Å². The van der Waals surface area contributed by atoms with E-state index in [1.165, 1.54) is 0 Å². The average Bonchev–Trinajstić information content (AvgIpc) is 3.23. The van der Waals surface area contributed by atoms with Crippen LogP contribution < -0.4 is 0 Å². The van der Waals surface area contributed by atoms with Crippen molar-refractivity contribution in [3.8, 4) is 0 Å². The molecule has 0 saturated carbocycles. The lowest BCUT2D eigenvalue weighted by Crippen LogP contribution is -2.49. The minimum Gasteiger partial charge on any atom is -0.378 e. The van der Waals surface area contributed by atoms with Crippen LogP contribution in [0.2, 0.25) is 0 Å². The van der Waals surface area contributed by atoms with Crippen LogP contribution in [-0.2, 0) is 20.7 Å². The molecule has 0 aliphatic carbocycles. The molecule has 0 unspecified atom stereocenters. The highest BCUT2D eigenvalue weighted by atomic mass is 32.1. The Balaban J connectivity index is 1.37. The number of imidazole rings is 1. The second kappa shape index (κ2) is 7.13. The van der Waals surface area contributed by atoms with Crippen molar-refractivity contribution in [3.63, 3.8) is 0 Å². The number of thiazole rings is 1. The van der Waals surface area contributed by atoms with Crippen LogP contribution in [0.25, 0.3) is 4.96 Å². The molecule has 2 aromatic heterocycles. The highest BCUT2D eigenvalue weighted by molar-refractivity contribution is 7.15. The van der Waals surface area contributed by atoms with Crippen LogP contribution in [0.3, 0.4) is 0 Å². The zero-order valence-electron chi connectivity index (χ0n) is 14.1. The molecule has 4 rings (SSSR count). The van der Waals surface area contributed by atoms with E-state index in [0.29, 0.717) is 39.3 Å². The number of hydrogen-bond acceptors (Lipinski definition) is 5. The maximum absolute atomic E-state index is 12.7. The number of nitrogens with zero attached hydrogens (tertiary/aromatic N) is 4. The Morgan fingerprint density at radius 3 is 2.88 bits per heavy atom. The third-order valence-corrected chi connectivity index (χ3v) is 5.69. The van der Waals surface area contributed by atoms with Gasteiger partial charge in [-0.25, -0.2) is 4.98 Å². The monoisotopic (exact) mass is 362 g/mol. The van der Waals surface area contributed by atoms with Crippen molar-refractivity contribution >= 4 is 28.1 Å². The van der Waals surface area contributed by atoms with Crippen LogP contribution in [-0.4, -0.2) is 70.4 Å². The fraction of sp³-hybridized carbons (Fsp3) is 0.588. The molecule has 2 saturated heterocycles. The standard InChI is InChI=1S/C17H22N4O3S/c22-15(10-14-12-21-6-9-25-17(21)18-14)20-3-1-2-13(11-20)16(23)19-4-7-24-8-5-19/h6,9,12-13H,1-5,7-8,10-11H2/t13-/m0/s1. The summed E-state index contributed by atoms with van der Waals surface area (Å²) >= 11 is 1.56. The Labute approximate surface area is 150 Å². The van der Waals surface area contributed by atoms with Gasteiger partial charge in [0, 0.05) is 44.0 Å². The van der Waals surface area contributed by atoms with Gasteiger partial charge in [0.1, 0.15) is 0 Å². The SMILES string of the molecule is O=C(Cc1cn2ccsc2n1)N1CCC[C@H](C(=O)N2CCOCC2)C1. The summed E-state index contributed by atoms with van der Waals surface area (Å²) in [4.78, 5) is 34.4. The van der Waals surface area contributed by atoms with E-state index in [1.54, 1.807) is 11.3 Å². The minimum atomic E-state index is -0.0821. The van der Waals surface area contributed by atoms with Crippen molar-refractivity contribution in [2.45, 2.75) is 19.3 Å². The molecule has 8 heteroatoms. The third kappa shape index (κ3) is 3.55. The van der Waals surface area contributed by atoms with Gasteiger partial charge < -0.3 is 14.5 Å². The van der Waals surface area contributed by atoms with Gasteiger partial charge in [-0.15, -0.1) is 11.3 Å². The first-order valence-electron chi connectivity index (χ1n) is 8.76. The van der Waals surface area contributed by atoms with Gasteiger partial charge in [0.25, 0.3) is 0 Å². The Bertz CT molecular complexity index is 736. The zero-order valence-corrected chi connectivity index (χ0v) is 14.9. The molecule has 2 amide bonds. The molecule has 0 aromatic carbocycles. The summed E-state index contributed by atoms with van der Waals surface area (Å²) in [5, 5.41) is 1.97. The molecule has 4 heterocycles. The number of piperidine rings is 1. The van der Waals surface area contributed by atoms with Crippen molar-refractivity contribution in [3.05, 3.63) is 23.5 Å². The molecule has 0 bridgehead atoms. The van der Waals surface area contributed by atoms with Gasteiger partial charge >= 0.3 is 0 Å². The second-order valence-corrected chi connectivity index (χ2v) is 7.49. The molecule has 0 radical (unpaired) electrons. The molecule has 2 fully saturated rings. The topological polar surface area (TPSA) is 67.2 Å². The number of rotatable bonds is 3. The predicted molar refractivity (Wildman–Crippen MR) is 93.5 cm³/mol. The van der Waals surface area contributed by atoms with Crippen LogP contribution >= 0.6 is 11.3 Å². The van der Waals surface area contributed by atoms with E-state index in [9.17, 15) is 9.59 Å². The number of morpholine rings is 1. The quantitative estimate of drug-likeness (QED) is 0.818. The van der Waals surface area contributed by atoms with Crippen LogP contribution in [0.1, 0.15) is 18.5 Å². The van der Waals surface area contributed by atoms with Crippen molar-refractivity contribution in [2.75, 3.05) is 39.4 Å². The van der Waals surface area contributed by atoms with Crippen LogP contribution in [0.4, 0.5) is 0 Å². The third-order valence-electron chi connectivity index (χ3n) is 4.92. The van der Waals surface area contributed by atoms with Crippen LogP contribution in [0.15, 0.2) is 17.8 Å². The van der Waals surface area contributed by atoms with Crippen LogP contribution in [0.5, 0.6) is 0 Å². The van der Waals surface area contributed by atoms with Gasteiger partial charge in [-0.2, -0.15) is 0 Å². The van der Waals surface area contributed by atoms with Gasteiger partial charge in [0.15, 0.2) is 4.96 Å². The molecule has 25 heavy (non-hydrogen) atoms. The summed E-state index contributed by atoms with van der Waals surface area (Å²) in [6.45, 7) is 3.80. The molecule has 0 N–H and O–H groups in total. The first-order valence-corrected chi connectivity index (χ1v) is 9.64. The molecule has 2 aliphatic heterocycles. The van der Waals surface area contributed by atoms with E-state index in [2.05, 4.69) is 4.98 Å². The number of fused-ring (bicyclic) bond motifs is 1. The van der Waals surface area contributed by atoms with E-state index in [4.69, 9.17) is 4.74 Å². The van der Waals surface area contributed by atoms with E-state index < -0.39 is 0 Å². The predicted octanol–water partition coefficient (Wildman–Crippen LogP) is 1.04. The minimum absolute atomic E-state index is 0.0604. The highest BCUT2D eigenvalue weighted by Crippen LogP contribution is 2.21. The second-order valence-electron chi connectivity index (χ2n) is 6.62. The Morgan fingerprint density at radius 1 is 1.24 bits per heavy atom. The summed E-state index contributed by atoms with van der Waals surface area (Å²) in [5.41, 5.74) is 0.790. The van der Waals surface area contributed by atoms with Gasteiger partial charge in [-0.05, 0) is 12.8 Å². The smallest absolute Gasteiger partial charge is 0.228 e. The number of carbonyl (C=O) groups is 2. The van der Waals surface area contributed by atoms with E-state index in [1.807, 2.05) is 32.0 Å². The molecule has 2 aromatic rings. The van der Waals surface area contributed by atoms with Crippen molar-refractivity contribution in [1.82, 2.24) is 19.2 Å². The lowest BCUT2D eigenvalue weighted by atomic mass is 9.96. The zero-order chi connectivity index (χ0) is 17.2. The average molecular weight is 362 g/mol. The highest BCUT2D eigenvalue weighted by Gasteiger charge is 2.32. The maximum atomic E-state index is 12.7. The first kappa shape index (κ1) is 16.5. The molecule has 1 atom stereocenters. The van der Waals surface area contributed by atoms with Gasteiger partial charge in [-0.1, -0.05) is 0 Å². The maximum Gasteiger partial charge on any atom is 0.228 e. The Hall–Kier alpha value is -1.93. The van der Waals surface area contributed by atoms with E-state index in [-0.39, 0.29) is 17.7 Å². The molecule has 2 aliphatic rings. The summed E-state index contributed by atoms with van der Waals surface area (Å²) in [6, 6.07) is 0. The Kier molecular flexibility index (Phi) is 4.72. The lowest BCUT2D eigenvalue weighted by Gasteiger charge is -2.36. The normalized spacial score (nSPS) is 21.7. The number of likely N-dealkylation sites (tertiary alicyclic amines) is 1. The molecule has 0 spiro atoms. The summed E-state index contributed by atoms with van der Waals surface area (Å²) in [7, 11) is 0. The van der Waals surface area contributed by atoms with E-state index >= 15 is 0 Å². The fourth-order valence-corrected chi connectivity index (χ4v) is 4.29. The lowest BCUT2D eigenvalue weighted by molar-refractivity contribution is -0.143. The van der Waals surface area contributed by atoms with Gasteiger partial charge in [0.05, 0.1) is 31.2 Å². The number of ether oxygens (including phenoxy) is 1. The molecule has 7 nitrogen and oxygen atoms in total. The van der Waals surface area contributed by atoms with E-state index in [0.717, 1.165) is 30.0 Å². The summed E-state index contributed by atoms with van der Waals surface area (Å²) in [5.74, 6) is 0.148. The fourth-order valence-electron chi connectivity index (χ4n) is 3.58.